The zero-order chi connectivity index (χ0) is 22.1. The summed E-state index contributed by atoms with van der Waals surface area (Å²) in [5, 5.41) is 0.468. The van der Waals surface area contributed by atoms with E-state index in [1.165, 1.54) is 17.4 Å². The smallest absolute Gasteiger partial charge is 0.235 e. The Morgan fingerprint density at radius 2 is 1.72 bits per heavy atom. The summed E-state index contributed by atoms with van der Waals surface area (Å²) < 4.78 is 22.8. The van der Waals surface area contributed by atoms with Crippen molar-refractivity contribution in [2.24, 2.45) is 0 Å². The van der Waals surface area contributed by atoms with Crippen molar-refractivity contribution < 1.29 is 18.6 Å². The Morgan fingerprint density at radius 1 is 0.969 bits per heavy atom. The third-order valence-electron chi connectivity index (χ3n) is 5.57. The van der Waals surface area contributed by atoms with E-state index in [-0.39, 0.29) is 11.2 Å². The number of aryl methyl sites for hydroxylation is 1. The maximum Gasteiger partial charge on any atom is 0.235 e. The van der Waals surface area contributed by atoms with E-state index in [2.05, 4.69) is 36.1 Å². The first kappa shape index (κ1) is 20.2. The summed E-state index contributed by atoms with van der Waals surface area (Å²) in [7, 11) is 1.60. The van der Waals surface area contributed by atoms with Crippen molar-refractivity contribution in [2.75, 3.05) is 13.8 Å². The van der Waals surface area contributed by atoms with E-state index < -0.39 is 0 Å². The lowest BCUT2D eigenvalue weighted by Gasteiger charge is -2.29. The molecule has 0 N–H and O–H groups in total. The molecule has 1 aliphatic heterocycles. The standard InChI is InChI=1S/C26H23NO5/c1-17-3-5-18(6-4-17)13-27-14-22-23(31-16-27)12-11-21-25(28)24(15-30-26(21)22)32-20-9-7-19(29-2)8-10-20/h3-12,15H,13-14,16H2,1-2H3. The molecule has 3 aromatic carbocycles. The van der Waals surface area contributed by atoms with Crippen LogP contribution in [0.4, 0.5) is 0 Å². The molecule has 0 aliphatic carbocycles. The topological polar surface area (TPSA) is 61.1 Å². The van der Waals surface area contributed by atoms with Gasteiger partial charge in [-0.3, -0.25) is 9.69 Å². The highest BCUT2D eigenvalue weighted by Crippen LogP contribution is 2.33. The van der Waals surface area contributed by atoms with E-state index in [4.69, 9.17) is 18.6 Å². The maximum atomic E-state index is 13.1. The summed E-state index contributed by atoms with van der Waals surface area (Å²) in [6, 6.07) is 19.0. The molecular formula is C26H23NO5. The first-order valence-corrected chi connectivity index (χ1v) is 10.4. The molecule has 162 valence electrons. The molecule has 0 saturated carbocycles. The number of methoxy groups -OCH3 is 1. The van der Waals surface area contributed by atoms with Gasteiger partial charge in [0, 0.05) is 13.1 Å². The van der Waals surface area contributed by atoms with Gasteiger partial charge >= 0.3 is 0 Å². The number of fused-ring (bicyclic) bond motifs is 3. The van der Waals surface area contributed by atoms with Crippen molar-refractivity contribution in [2.45, 2.75) is 20.0 Å². The number of hydrogen-bond donors (Lipinski definition) is 0. The molecule has 0 atom stereocenters. The van der Waals surface area contributed by atoms with E-state index in [1.807, 2.05) is 6.07 Å². The Bertz CT molecular complexity index is 1310. The first-order chi connectivity index (χ1) is 15.6. The molecule has 0 unspecified atom stereocenters. The van der Waals surface area contributed by atoms with Crippen molar-refractivity contribution >= 4 is 11.0 Å². The minimum Gasteiger partial charge on any atom is -0.497 e. The van der Waals surface area contributed by atoms with Crippen LogP contribution in [-0.2, 0) is 13.1 Å². The quantitative estimate of drug-likeness (QED) is 0.432. The molecule has 0 radical (unpaired) electrons. The maximum absolute atomic E-state index is 13.1. The van der Waals surface area contributed by atoms with Crippen LogP contribution in [0.1, 0.15) is 16.7 Å². The highest BCUT2D eigenvalue weighted by molar-refractivity contribution is 5.83. The second kappa shape index (κ2) is 8.40. The lowest BCUT2D eigenvalue weighted by atomic mass is 10.1. The number of rotatable bonds is 5. The molecule has 0 spiro atoms. The van der Waals surface area contributed by atoms with Crippen molar-refractivity contribution in [1.29, 1.82) is 0 Å². The largest absolute Gasteiger partial charge is 0.497 e. The zero-order valence-electron chi connectivity index (χ0n) is 18.0. The lowest BCUT2D eigenvalue weighted by Crippen LogP contribution is -2.31. The first-order valence-electron chi connectivity index (χ1n) is 10.4. The summed E-state index contributed by atoms with van der Waals surface area (Å²) in [6.45, 7) is 3.93. The summed E-state index contributed by atoms with van der Waals surface area (Å²) in [6.07, 6.45) is 1.37. The van der Waals surface area contributed by atoms with Crippen molar-refractivity contribution in [3.63, 3.8) is 0 Å². The van der Waals surface area contributed by atoms with Crippen LogP contribution in [0, 0.1) is 6.92 Å². The van der Waals surface area contributed by atoms with E-state index in [1.54, 1.807) is 37.4 Å². The highest BCUT2D eigenvalue weighted by Gasteiger charge is 2.23. The lowest BCUT2D eigenvalue weighted by molar-refractivity contribution is 0.0890. The second-order valence-electron chi connectivity index (χ2n) is 7.87. The van der Waals surface area contributed by atoms with Gasteiger partial charge in [-0.1, -0.05) is 29.8 Å². The average molecular weight is 429 g/mol. The van der Waals surface area contributed by atoms with E-state index >= 15 is 0 Å². The SMILES string of the molecule is COc1ccc(Oc2coc3c4c(ccc3c2=O)OCN(Cc2ccc(C)cc2)C4)cc1. The summed E-state index contributed by atoms with van der Waals surface area (Å²) in [5.74, 6) is 2.12. The Hall–Kier alpha value is -3.77. The van der Waals surface area contributed by atoms with Crippen LogP contribution in [0.5, 0.6) is 23.0 Å². The molecule has 0 bridgehead atoms. The molecule has 0 amide bonds. The minimum absolute atomic E-state index is 0.135. The van der Waals surface area contributed by atoms with Crippen LogP contribution >= 0.6 is 0 Å². The predicted molar refractivity (Wildman–Crippen MR) is 121 cm³/mol. The summed E-state index contributed by atoms with van der Waals surface area (Å²) in [5.41, 5.74) is 3.62. The van der Waals surface area contributed by atoms with Crippen molar-refractivity contribution in [3.8, 4) is 23.0 Å². The van der Waals surface area contributed by atoms with Crippen LogP contribution in [0.2, 0.25) is 0 Å². The third-order valence-corrected chi connectivity index (χ3v) is 5.57. The van der Waals surface area contributed by atoms with Gasteiger partial charge < -0.3 is 18.6 Å². The molecule has 0 saturated heterocycles. The van der Waals surface area contributed by atoms with Gasteiger partial charge in [0.15, 0.2) is 0 Å². The Labute approximate surface area is 185 Å². The molecule has 1 aromatic heterocycles. The van der Waals surface area contributed by atoms with Gasteiger partial charge in [-0.05, 0) is 48.9 Å². The van der Waals surface area contributed by atoms with Gasteiger partial charge in [-0.2, -0.15) is 0 Å². The van der Waals surface area contributed by atoms with Gasteiger partial charge in [0.05, 0.1) is 18.1 Å². The molecule has 1 aliphatic rings. The molecule has 6 heteroatoms. The van der Waals surface area contributed by atoms with Gasteiger partial charge in [0.2, 0.25) is 11.2 Å². The van der Waals surface area contributed by atoms with Gasteiger partial charge in [-0.25, -0.2) is 0 Å². The monoisotopic (exact) mass is 429 g/mol. The number of ether oxygens (including phenoxy) is 3. The molecule has 0 fully saturated rings. The number of nitrogens with zero attached hydrogens (tertiary/aromatic N) is 1. The van der Waals surface area contributed by atoms with Crippen LogP contribution in [0.25, 0.3) is 11.0 Å². The molecule has 6 nitrogen and oxygen atoms in total. The zero-order valence-corrected chi connectivity index (χ0v) is 18.0. The number of benzene rings is 3. The Kier molecular flexibility index (Phi) is 5.29. The average Bonchev–Trinajstić information content (AvgIpc) is 2.82. The molecule has 32 heavy (non-hydrogen) atoms. The third kappa shape index (κ3) is 3.92. The second-order valence-corrected chi connectivity index (χ2v) is 7.87. The fourth-order valence-electron chi connectivity index (χ4n) is 3.83. The molecule has 2 heterocycles. The highest BCUT2D eigenvalue weighted by atomic mass is 16.5. The van der Waals surface area contributed by atoms with Crippen LogP contribution in [-0.4, -0.2) is 18.7 Å². The van der Waals surface area contributed by atoms with Crippen molar-refractivity contribution in [1.82, 2.24) is 4.90 Å². The fourth-order valence-corrected chi connectivity index (χ4v) is 3.83. The minimum atomic E-state index is -0.222. The van der Waals surface area contributed by atoms with Crippen LogP contribution in [0.15, 0.2) is 76.1 Å². The summed E-state index contributed by atoms with van der Waals surface area (Å²) in [4.78, 5) is 15.3. The van der Waals surface area contributed by atoms with Crippen LogP contribution in [0.3, 0.4) is 0 Å². The Balaban J connectivity index is 1.42. The van der Waals surface area contributed by atoms with E-state index in [0.717, 1.165) is 17.9 Å². The number of hydrogen-bond acceptors (Lipinski definition) is 6. The molecular weight excluding hydrogens is 406 g/mol. The summed E-state index contributed by atoms with van der Waals surface area (Å²) >= 11 is 0. The predicted octanol–water partition coefficient (Wildman–Crippen LogP) is 5.25. The van der Waals surface area contributed by atoms with Gasteiger partial charge in [0.1, 0.15) is 35.8 Å². The molecule has 5 rings (SSSR count). The normalized spacial score (nSPS) is 13.4. The van der Waals surface area contributed by atoms with E-state index in [0.29, 0.717) is 35.7 Å². The van der Waals surface area contributed by atoms with Crippen LogP contribution < -0.4 is 19.6 Å². The molecule has 4 aromatic rings. The van der Waals surface area contributed by atoms with Gasteiger partial charge in [0.25, 0.3) is 0 Å². The van der Waals surface area contributed by atoms with E-state index in [9.17, 15) is 4.79 Å². The van der Waals surface area contributed by atoms with Gasteiger partial charge in [-0.15, -0.1) is 0 Å². The van der Waals surface area contributed by atoms with Crippen molar-refractivity contribution in [3.05, 3.63) is 93.8 Å². The Morgan fingerprint density at radius 3 is 2.47 bits per heavy atom. The fraction of sp³-hybridized carbons (Fsp3) is 0.192.